The molecule has 3 N–H and O–H groups in total. The van der Waals surface area contributed by atoms with Gasteiger partial charge in [0, 0.05) is 5.56 Å². The molecule has 0 atom stereocenters. The largest absolute Gasteiger partial charge is 0.497 e. The first-order chi connectivity index (χ1) is 14.3. The Balaban J connectivity index is 1.88. The van der Waals surface area contributed by atoms with Crippen molar-refractivity contribution in [2.75, 3.05) is 20.3 Å². The van der Waals surface area contributed by atoms with Gasteiger partial charge < -0.3 is 20.5 Å². The molecule has 3 rings (SSSR count). The number of urea groups is 1. The van der Waals surface area contributed by atoms with Gasteiger partial charge in [-0.1, -0.05) is 0 Å². The third-order valence-corrected chi connectivity index (χ3v) is 3.96. The van der Waals surface area contributed by atoms with Crippen LogP contribution in [0, 0.1) is 0 Å². The maximum Gasteiger partial charge on any atom is 0.453 e. The van der Waals surface area contributed by atoms with Gasteiger partial charge in [0.05, 0.1) is 19.3 Å². The van der Waals surface area contributed by atoms with Crippen LogP contribution in [0.2, 0.25) is 0 Å². The Morgan fingerprint density at radius 1 is 1.10 bits per heavy atom. The van der Waals surface area contributed by atoms with Crippen molar-refractivity contribution in [3.8, 4) is 28.6 Å². The number of alkyl halides is 3. The molecule has 0 unspecified atom stereocenters. The second-order valence-corrected chi connectivity index (χ2v) is 6.03. The van der Waals surface area contributed by atoms with Crippen LogP contribution in [0.25, 0.3) is 17.1 Å². The number of benzene rings is 2. The molecule has 2 aromatic carbocycles. The predicted molar refractivity (Wildman–Crippen MR) is 101 cm³/mol. The van der Waals surface area contributed by atoms with Crippen molar-refractivity contribution in [2.24, 2.45) is 5.73 Å². The maximum absolute atomic E-state index is 13.2. The molecule has 30 heavy (non-hydrogen) atoms. The van der Waals surface area contributed by atoms with Gasteiger partial charge in [-0.25, -0.2) is 14.5 Å². The molecule has 0 saturated carbocycles. The highest BCUT2D eigenvalue weighted by Gasteiger charge is 2.37. The molecule has 1 aromatic heterocycles. The van der Waals surface area contributed by atoms with Gasteiger partial charge in [-0.15, -0.1) is 5.10 Å². The fraction of sp³-hybridized carbons (Fsp3) is 0.211. The summed E-state index contributed by atoms with van der Waals surface area (Å²) in [7, 11) is 1.49. The Kier molecular flexibility index (Phi) is 6.09. The number of rotatable bonds is 7. The van der Waals surface area contributed by atoms with E-state index in [-0.39, 0.29) is 19.0 Å². The maximum atomic E-state index is 13.2. The van der Waals surface area contributed by atoms with Crippen LogP contribution in [-0.4, -0.2) is 41.1 Å². The molecule has 0 spiro atoms. The van der Waals surface area contributed by atoms with Gasteiger partial charge in [-0.05, 0) is 48.5 Å². The molecular weight excluding hydrogens is 403 g/mol. The first kappa shape index (κ1) is 21.0. The van der Waals surface area contributed by atoms with Crippen molar-refractivity contribution < 1.29 is 27.4 Å². The Bertz CT molecular complexity index is 1000. The summed E-state index contributed by atoms with van der Waals surface area (Å²) in [4.78, 5) is 14.3. The third kappa shape index (κ3) is 4.99. The van der Waals surface area contributed by atoms with E-state index in [1.165, 1.54) is 7.11 Å². The molecule has 0 aliphatic rings. The zero-order chi connectivity index (χ0) is 21.7. The van der Waals surface area contributed by atoms with Crippen LogP contribution in [0.15, 0.2) is 48.5 Å². The number of methoxy groups -OCH3 is 1. The van der Waals surface area contributed by atoms with Gasteiger partial charge in [0.1, 0.15) is 18.1 Å². The average Bonchev–Trinajstić information content (AvgIpc) is 3.17. The summed E-state index contributed by atoms with van der Waals surface area (Å²) >= 11 is 0. The predicted octanol–water partition coefficient (Wildman–Crippen LogP) is 3.01. The number of ether oxygens (including phenoxy) is 2. The van der Waals surface area contributed by atoms with Crippen molar-refractivity contribution >= 4 is 6.03 Å². The molecule has 0 saturated heterocycles. The smallest absolute Gasteiger partial charge is 0.453 e. The molecule has 0 radical (unpaired) electrons. The van der Waals surface area contributed by atoms with E-state index in [9.17, 15) is 18.0 Å². The molecule has 0 aliphatic heterocycles. The topological polar surface area (TPSA) is 104 Å². The summed E-state index contributed by atoms with van der Waals surface area (Å²) in [6.07, 6.45) is -4.69. The van der Waals surface area contributed by atoms with E-state index in [1.54, 1.807) is 48.5 Å². The zero-order valence-corrected chi connectivity index (χ0v) is 15.8. The quantitative estimate of drug-likeness (QED) is 0.571. The highest BCUT2D eigenvalue weighted by molar-refractivity contribution is 5.71. The van der Waals surface area contributed by atoms with E-state index in [4.69, 9.17) is 15.2 Å². The lowest BCUT2D eigenvalue weighted by atomic mass is 10.2. The zero-order valence-electron chi connectivity index (χ0n) is 15.8. The number of carbonyl (C=O) groups is 1. The SMILES string of the molecule is COc1ccc(-n2nc(C(F)(F)F)nc2-c2ccc(OCCNC(N)=O)cc2)cc1. The number of primary amides is 1. The van der Waals surface area contributed by atoms with Crippen molar-refractivity contribution in [2.45, 2.75) is 6.18 Å². The molecule has 0 fully saturated rings. The monoisotopic (exact) mass is 421 g/mol. The highest BCUT2D eigenvalue weighted by atomic mass is 19.4. The molecule has 158 valence electrons. The molecule has 0 bridgehead atoms. The minimum Gasteiger partial charge on any atom is -0.497 e. The minimum absolute atomic E-state index is 0.0226. The standard InChI is InChI=1S/C19H18F3N5O3/c1-29-14-8-4-13(5-9-14)27-16(25-17(26-27)19(20,21)22)12-2-6-15(7-3-12)30-11-10-24-18(23)28/h2-9H,10-11H2,1H3,(H3,23,24,28). The van der Waals surface area contributed by atoms with Crippen molar-refractivity contribution in [3.05, 3.63) is 54.4 Å². The number of nitrogens with one attached hydrogen (secondary N) is 1. The van der Waals surface area contributed by atoms with E-state index in [1.807, 2.05) is 0 Å². The average molecular weight is 421 g/mol. The summed E-state index contributed by atoms with van der Waals surface area (Å²) in [6.45, 7) is 0.403. The van der Waals surface area contributed by atoms with E-state index in [0.717, 1.165) is 4.68 Å². The second kappa shape index (κ2) is 8.72. The number of hydrogen-bond donors (Lipinski definition) is 2. The fourth-order valence-corrected chi connectivity index (χ4v) is 2.57. The van der Waals surface area contributed by atoms with E-state index in [2.05, 4.69) is 15.4 Å². The van der Waals surface area contributed by atoms with Crippen LogP contribution in [0.3, 0.4) is 0 Å². The number of halogens is 3. The van der Waals surface area contributed by atoms with Crippen LogP contribution < -0.4 is 20.5 Å². The first-order valence-electron chi connectivity index (χ1n) is 8.73. The first-order valence-corrected chi connectivity index (χ1v) is 8.73. The van der Waals surface area contributed by atoms with Gasteiger partial charge in [0.25, 0.3) is 5.82 Å². The normalized spacial score (nSPS) is 11.2. The second-order valence-electron chi connectivity index (χ2n) is 6.03. The van der Waals surface area contributed by atoms with Crippen molar-refractivity contribution in [3.63, 3.8) is 0 Å². The molecule has 3 aromatic rings. The molecule has 8 nitrogen and oxygen atoms in total. The van der Waals surface area contributed by atoms with Gasteiger partial charge in [-0.2, -0.15) is 13.2 Å². The molecule has 11 heteroatoms. The fourth-order valence-electron chi connectivity index (χ4n) is 2.57. The molecular formula is C19H18F3N5O3. The number of nitrogens with zero attached hydrogens (tertiary/aromatic N) is 3. The van der Waals surface area contributed by atoms with Gasteiger partial charge in [-0.3, -0.25) is 0 Å². The van der Waals surface area contributed by atoms with Crippen LogP contribution in [0.1, 0.15) is 5.82 Å². The van der Waals surface area contributed by atoms with E-state index >= 15 is 0 Å². The summed E-state index contributed by atoms with van der Waals surface area (Å²) in [6, 6.07) is 12.0. The minimum atomic E-state index is -4.69. The van der Waals surface area contributed by atoms with Gasteiger partial charge in [0.15, 0.2) is 5.82 Å². The van der Waals surface area contributed by atoms with Gasteiger partial charge in [0.2, 0.25) is 0 Å². The lowest BCUT2D eigenvalue weighted by molar-refractivity contribution is -0.144. The van der Waals surface area contributed by atoms with E-state index in [0.29, 0.717) is 22.7 Å². The number of hydrogen-bond acceptors (Lipinski definition) is 5. The Morgan fingerprint density at radius 3 is 2.30 bits per heavy atom. The summed E-state index contributed by atoms with van der Waals surface area (Å²) < 4.78 is 51.3. The lowest BCUT2D eigenvalue weighted by Gasteiger charge is -2.09. The van der Waals surface area contributed by atoms with Crippen LogP contribution >= 0.6 is 0 Å². The van der Waals surface area contributed by atoms with Crippen molar-refractivity contribution in [1.29, 1.82) is 0 Å². The Morgan fingerprint density at radius 2 is 1.73 bits per heavy atom. The number of nitrogens with two attached hydrogens (primary N) is 1. The third-order valence-electron chi connectivity index (χ3n) is 3.96. The summed E-state index contributed by atoms with van der Waals surface area (Å²) in [5.74, 6) is -0.194. The van der Waals surface area contributed by atoms with E-state index < -0.39 is 18.0 Å². The molecule has 0 aliphatic carbocycles. The highest BCUT2D eigenvalue weighted by Crippen LogP contribution is 2.31. The number of amides is 2. The number of aromatic nitrogens is 3. The van der Waals surface area contributed by atoms with Crippen molar-refractivity contribution in [1.82, 2.24) is 20.1 Å². The molecule has 1 heterocycles. The Labute approximate surface area is 169 Å². The van der Waals surface area contributed by atoms with Gasteiger partial charge >= 0.3 is 12.2 Å². The Hall–Kier alpha value is -3.76. The van der Waals surface area contributed by atoms with Crippen LogP contribution in [0.5, 0.6) is 11.5 Å². The lowest BCUT2D eigenvalue weighted by Crippen LogP contribution is -2.32. The molecule has 2 amide bonds. The van der Waals surface area contributed by atoms with Crippen LogP contribution in [0.4, 0.5) is 18.0 Å². The summed E-state index contributed by atoms with van der Waals surface area (Å²) in [5.41, 5.74) is 5.77. The summed E-state index contributed by atoms with van der Waals surface area (Å²) in [5, 5.41) is 6.02. The number of carbonyl (C=O) groups excluding carboxylic acids is 1. The van der Waals surface area contributed by atoms with Crippen LogP contribution in [-0.2, 0) is 6.18 Å².